The van der Waals surface area contributed by atoms with E-state index >= 15 is 0 Å². The van der Waals surface area contributed by atoms with Crippen molar-refractivity contribution in [2.24, 2.45) is 0 Å². The van der Waals surface area contributed by atoms with E-state index in [1.807, 2.05) is 19.9 Å². The van der Waals surface area contributed by atoms with E-state index in [0.717, 1.165) is 0 Å². The highest BCUT2D eigenvalue weighted by atomic mass is 32.1. The molecule has 0 aliphatic heterocycles. The lowest BCUT2D eigenvalue weighted by Gasteiger charge is -2.14. The number of carbonyl (C=O) groups excluding carboxylic acids is 2. The lowest BCUT2D eigenvalue weighted by atomic mass is 10.1. The summed E-state index contributed by atoms with van der Waals surface area (Å²) in [4.78, 5) is 24.3. The predicted molar refractivity (Wildman–Crippen MR) is 99.2 cm³/mol. The molecule has 0 radical (unpaired) electrons. The molecule has 6 heteroatoms. The number of hydrogen-bond donors (Lipinski definition) is 3. The monoisotopic (exact) mass is 341 g/mol. The van der Waals surface area contributed by atoms with Crippen molar-refractivity contribution in [2.45, 2.75) is 19.9 Å². The molecule has 0 aromatic heterocycles. The molecule has 0 aliphatic carbocycles. The largest absolute Gasteiger partial charge is 0.350 e. The number of nitrogens with one attached hydrogen (secondary N) is 3. The van der Waals surface area contributed by atoms with Crippen LogP contribution in [0.4, 0.5) is 5.69 Å². The molecular weight excluding hydrogens is 322 g/mol. The van der Waals surface area contributed by atoms with Gasteiger partial charge in [-0.3, -0.25) is 14.9 Å². The Kier molecular flexibility index (Phi) is 6.03. The predicted octanol–water partition coefficient (Wildman–Crippen LogP) is 2.95. The SMILES string of the molecule is CC(C)NC(=O)c1ccccc1NC(=S)NC(=O)c1ccccc1. The summed E-state index contributed by atoms with van der Waals surface area (Å²) in [6.45, 7) is 3.78. The van der Waals surface area contributed by atoms with Gasteiger partial charge in [0.1, 0.15) is 0 Å². The Bertz CT molecular complexity index is 745. The zero-order chi connectivity index (χ0) is 17.5. The number of thiocarbonyl (C=S) groups is 1. The van der Waals surface area contributed by atoms with E-state index in [2.05, 4.69) is 16.0 Å². The van der Waals surface area contributed by atoms with Gasteiger partial charge < -0.3 is 10.6 Å². The van der Waals surface area contributed by atoms with Crippen molar-refractivity contribution in [3.8, 4) is 0 Å². The van der Waals surface area contributed by atoms with Crippen LogP contribution in [-0.2, 0) is 0 Å². The third-order valence-corrected chi connectivity index (χ3v) is 3.31. The summed E-state index contributed by atoms with van der Waals surface area (Å²) < 4.78 is 0. The molecule has 2 amide bonds. The van der Waals surface area contributed by atoms with Gasteiger partial charge in [-0.25, -0.2) is 0 Å². The minimum atomic E-state index is -0.308. The summed E-state index contributed by atoms with van der Waals surface area (Å²) in [6.07, 6.45) is 0. The molecule has 24 heavy (non-hydrogen) atoms. The number of carbonyl (C=O) groups is 2. The fourth-order valence-corrected chi connectivity index (χ4v) is 2.25. The van der Waals surface area contributed by atoms with Crippen molar-refractivity contribution in [1.82, 2.24) is 10.6 Å². The van der Waals surface area contributed by atoms with Gasteiger partial charge >= 0.3 is 0 Å². The molecule has 0 bridgehead atoms. The summed E-state index contributed by atoms with van der Waals surface area (Å²) in [5.74, 6) is -0.512. The second-order valence-electron chi connectivity index (χ2n) is 5.45. The van der Waals surface area contributed by atoms with Crippen LogP contribution in [0.2, 0.25) is 0 Å². The number of para-hydroxylation sites is 1. The molecule has 5 nitrogen and oxygen atoms in total. The lowest BCUT2D eigenvalue weighted by Crippen LogP contribution is -2.35. The highest BCUT2D eigenvalue weighted by Crippen LogP contribution is 2.15. The van der Waals surface area contributed by atoms with Crippen LogP contribution < -0.4 is 16.0 Å². The topological polar surface area (TPSA) is 70.2 Å². The Labute approximate surface area is 146 Å². The Morgan fingerprint density at radius 1 is 0.917 bits per heavy atom. The zero-order valence-electron chi connectivity index (χ0n) is 13.5. The van der Waals surface area contributed by atoms with Crippen molar-refractivity contribution in [2.75, 3.05) is 5.32 Å². The molecule has 0 atom stereocenters. The summed E-state index contributed by atoms with van der Waals surface area (Å²) in [6, 6.07) is 15.8. The number of amides is 2. The average Bonchev–Trinajstić information content (AvgIpc) is 2.55. The zero-order valence-corrected chi connectivity index (χ0v) is 14.3. The van der Waals surface area contributed by atoms with Crippen LogP contribution in [-0.4, -0.2) is 23.0 Å². The van der Waals surface area contributed by atoms with Gasteiger partial charge in [0.2, 0.25) is 0 Å². The molecule has 0 aliphatic rings. The second kappa shape index (κ2) is 8.21. The molecule has 0 saturated heterocycles. The van der Waals surface area contributed by atoms with Gasteiger partial charge in [-0.2, -0.15) is 0 Å². The number of rotatable bonds is 4. The maximum absolute atomic E-state index is 12.2. The summed E-state index contributed by atoms with van der Waals surface area (Å²) in [5, 5.41) is 8.47. The number of benzene rings is 2. The first kappa shape index (κ1) is 17.6. The first-order chi connectivity index (χ1) is 11.5. The van der Waals surface area contributed by atoms with Crippen LogP contribution in [0.3, 0.4) is 0 Å². The first-order valence-electron chi connectivity index (χ1n) is 7.54. The van der Waals surface area contributed by atoms with Gasteiger partial charge in [-0.15, -0.1) is 0 Å². The van der Waals surface area contributed by atoms with Crippen LogP contribution in [0.5, 0.6) is 0 Å². The van der Waals surface area contributed by atoms with Gasteiger partial charge in [0.05, 0.1) is 11.3 Å². The van der Waals surface area contributed by atoms with Crippen LogP contribution in [0.25, 0.3) is 0 Å². The molecule has 2 aromatic carbocycles. The van der Waals surface area contributed by atoms with Gasteiger partial charge in [0.25, 0.3) is 11.8 Å². The fraction of sp³-hybridized carbons (Fsp3) is 0.167. The molecule has 0 fully saturated rings. The Hall–Kier alpha value is -2.73. The van der Waals surface area contributed by atoms with Crippen molar-refractivity contribution >= 4 is 34.8 Å². The van der Waals surface area contributed by atoms with Gasteiger partial charge in [-0.1, -0.05) is 30.3 Å². The van der Waals surface area contributed by atoms with E-state index in [-0.39, 0.29) is 23.0 Å². The van der Waals surface area contributed by atoms with Gasteiger partial charge in [0, 0.05) is 11.6 Å². The Balaban J connectivity index is 2.07. The minimum Gasteiger partial charge on any atom is -0.350 e. The Morgan fingerprint density at radius 2 is 1.54 bits per heavy atom. The van der Waals surface area contributed by atoms with Crippen molar-refractivity contribution in [3.63, 3.8) is 0 Å². The maximum Gasteiger partial charge on any atom is 0.257 e. The highest BCUT2D eigenvalue weighted by Gasteiger charge is 2.13. The minimum absolute atomic E-state index is 0.0234. The van der Waals surface area contributed by atoms with Crippen LogP contribution in [0, 0.1) is 0 Å². The smallest absolute Gasteiger partial charge is 0.257 e. The van der Waals surface area contributed by atoms with E-state index in [4.69, 9.17) is 12.2 Å². The molecule has 0 saturated carbocycles. The first-order valence-corrected chi connectivity index (χ1v) is 7.95. The normalized spacial score (nSPS) is 10.1. The standard InChI is InChI=1S/C18H19N3O2S/c1-12(2)19-17(23)14-10-6-7-11-15(14)20-18(24)21-16(22)13-8-4-3-5-9-13/h3-12H,1-2H3,(H,19,23)(H2,20,21,22,24). The second-order valence-corrected chi connectivity index (χ2v) is 5.86. The summed E-state index contributed by atoms with van der Waals surface area (Å²) in [5.41, 5.74) is 1.50. The molecule has 0 spiro atoms. The van der Waals surface area contributed by atoms with E-state index in [0.29, 0.717) is 16.8 Å². The van der Waals surface area contributed by atoms with Crippen molar-refractivity contribution in [3.05, 3.63) is 65.7 Å². The fourth-order valence-electron chi connectivity index (χ4n) is 2.05. The van der Waals surface area contributed by atoms with Crippen LogP contribution in [0.15, 0.2) is 54.6 Å². The highest BCUT2D eigenvalue weighted by molar-refractivity contribution is 7.80. The third kappa shape index (κ3) is 4.89. The molecule has 0 heterocycles. The van der Waals surface area contributed by atoms with Crippen molar-refractivity contribution in [1.29, 1.82) is 0 Å². The van der Waals surface area contributed by atoms with E-state index in [1.165, 1.54) is 0 Å². The Morgan fingerprint density at radius 3 is 2.21 bits per heavy atom. The third-order valence-electron chi connectivity index (χ3n) is 3.10. The van der Waals surface area contributed by atoms with Crippen LogP contribution >= 0.6 is 12.2 Å². The van der Waals surface area contributed by atoms with E-state index in [1.54, 1.807) is 48.5 Å². The summed E-state index contributed by atoms with van der Waals surface area (Å²) >= 11 is 5.17. The molecular formula is C18H19N3O2S. The van der Waals surface area contributed by atoms with E-state index in [9.17, 15) is 9.59 Å². The number of hydrogen-bond acceptors (Lipinski definition) is 3. The maximum atomic E-state index is 12.2. The molecule has 3 N–H and O–H groups in total. The molecule has 0 unspecified atom stereocenters. The van der Waals surface area contributed by atoms with E-state index < -0.39 is 0 Å². The quantitative estimate of drug-likeness (QED) is 0.748. The molecule has 2 rings (SSSR count). The lowest BCUT2D eigenvalue weighted by molar-refractivity contribution is 0.0942. The molecule has 2 aromatic rings. The van der Waals surface area contributed by atoms with Gasteiger partial charge in [-0.05, 0) is 50.3 Å². The average molecular weight is 341 g/mol. The van der Waals surface area contributed by atoms with Gasteiger partial charge in [0.15, 0.2) is 5.11 Å². The van der Waals surface area contributed by atoms with Crippen LogP contribution in [0.1, 0.15) is 34.6 Å². The van der Waals surface area contributed by atoms with Crippen molar-refractivity contribution < 1.29 is 9.59 Å². The summed E-state index contributed by atoms with van der Waals surface area (Å²) in [7, 11) is 0. The molecule has 124 valence electrons. The number of anilines is 1.